The number of hydrogen-bond donors (Lipinski definition) is 1. The molecule has 0 radical (unpaired) electrons. The normalized spacial score (nSPS) is 11.3. The summed E-state index contributed by atoms with van der Waals surface area (Å²) in [5.74, 6) is -1.46. The third kappa shape index (κ3) is 4.82. The van der Waals surface area contributed by atoms with E-state index in [1.165, 1.54) is 13.1 Å². The second-order valence-electron chi connectivity index (χ2n) is 7.32. The molecule has 0 fully saturated rings. The maximum atomic E-state index is 13.9. The first kappa shape index (κ1) is 23.1. The molecule has 3 aromatic rings. The maximum absolute atomic E-state index is 13.9. The molecule has 2 amide bonds. The molecule has 168 valence electrons. The third-order valence-electron chi connectivity index (χ3n) is 5.01. The van der Waals surface area contributed by atoms with Gasteiger partial charge in [0.1, 0.15) is 0 Å². The quantitative estimate of drug-likeness (QED) is 0.610. The van der Waals surface area contributed by atoms with Gasteiger partial charge in [-0.15, -0.1) is 0 Å². The van der Waals surface area contributed by atoms with Crippen LogP contribution in [0.25, 0.3) is 5.69 Å². The standard InChI is InChI=1S/C23H23F3N4O2/c1-4-16-10-6-7-11-18(16)28-20(31)14-29(3)22(32)17-13-27-30(21(17)23(24,25)26)19-12-8-5-9-15(19)2/h5-13H,4,14H2,1-3H3,(H,28,31). The summed E-state index contributed by atoms with van der Waals surface area (Å²) < 4.78 is 42.4. The van der Waals surface area contributed by atoms with Crippen molar-refractivity contribution in [3.8, 4) is 5.69 Å². The summed E-state index contributed by atoms with van der Waals surface area (Å²) in [4.78, 5) is 26.2. The molecule has 0 aliphatic carbocycles. The Kier molecular flexibility index (Phi) is 6.67. The number of carbonyl (C=O) groups is 2. The molecule has 0 bridgehead atoms. The number of para-hydroxylation sites is 2. The highest BCUT2D eigenvalue weighted by Gasteiger charge is 2.41. The summed E-state index contributed by atoms with van der Waals surface area (Å²) in [7, 11) is 1.28. The van der Waals surface area contributed by atoms with Gasteiger partial charge >= 0.3 is 6.18 Å². The smallest absolute Gasteiger partial charge is 0.332 e. The zero-order chi connectivity index (χ0) is 23.5. The number of aromatic nitrogens is 2. The van der Waals surface area contributed by atoms with E-state index >= 15 is 0 Å². The first-order chi connectivity index (χ1) is 15.1. The summed E-state index contributed by atoms with van der Waals surface area (Å²) in [6.07, 6.45) is -3.25. The predicted octanol–water partition coefficient (Wildman–Crippen LogP) is 4.47. The molecule has 0 aliphatic heterocycles. The van der Waals surface area contributed by atoms with Crippen LogP contribution in [0.3, 0.4) is 0 Å². The highest BCUT2D eigenvalue weighted by molar-refractivity contribution is 6.00. The fourth-order valence-corrected chi connectivity index (χ4v) is 3.39. The van der Waals surface area contributed by atoms with Crippen LogP contribution in [0.2, 0.25) is 0 Å². The van der Waals surface area contributed by atoms with Crippen molar-refractivity contribution >= 4 is 17.5 Å². The number of benzene rings is 2. The van der Waals surface area contributed by atoms with Crippen LogP contribution in [0.4, 0.5) is 18.9 Å². The summed E-state index contributed by atoms with van der Waals surface area (Å²) in [6, 6.07) is 13.6. The van der Waals surface area contributed by atoms with Crippen LogP contribution in [0.15, 0.2) is 54.7 Å². The van der Waals surface area contributed by atoms with Gasteiger partial charge in [-0.3, -0.25) is 9.59 Å². The van der Waals surface area contributed by atoms with Crippen molar-refractivity contribution < 1.29 is 22.8 Å². The zero-order valence-electron chi connectivity index (χ0n) is 17.9. The van der Waals surface area contributed by atoms with Gasteiger partial charge in [-0.25, -0.2) is 4.68 Å². The third-order valence-corrected chi connectivity index (χ3v) is 5.01. The Morgan fingerprint density at radius 1 is 1.09 bits per heavy atom. The van der Waals surface area contributed by atoms with Crippen LogP contribution in [0.1, 0.15) is 34.1 Å². The molecule has 6 nitrogen and oxygen atoms in total. The van der Waals surface area contributed by atoms with Crippen molar-refractivity contribution in [2.75, 3.05) is 18.9 Å². The van der Waals surface area contributed by atoms with Gasteiger partial charge in [-0.05, 0) is 36.6 Å². The number of alkyl halides is 3. The fourth-order valence-electron chi connectivity index (χ4n) is 3.39. The number of rotatable bonds is 6. The van der Waals surface area contributed by atoms with Crippen molar-refractivity contribution in [3.63, 3.8) is 0 Å². The molecule has 2 aromatic carbocycles. The lowest BCUT2D eigenvalue weighted by Gasteiger charge is -2.19. The van der Waals surface area contributed by atoms with Gasteiger partial charge in [0.05, 0.1) is 24.0 Å². The molecular weight excluding hydrogens is 421 g/mol. The summed E-state index contributed by atoms with van der Waals surface area (Å²) in [5.41, 5.74) is 0.501. The number of halogens is 3. The van der Waals surface area contributed by atoms with Crippen molar-refractivity contribution in [1.82, 2.24) is 14.7 Å². The molecule has 0 saturated heterocycles. The van der Waals surface area contributed by atoms with E-state index in [1.54, 1.807) is 37.3 Å². The number of likely N-dealkylation sites (N-methyl/N-ethyl adjacent to an activating group) is 1. The van der Waals surface area contributed by atoms with Crippen LogP contribution < -0.4 is 5.32 Å². The van der Waals surface area contributed by atoms with E-state index in [0.717, 1.165) is 16.7 Å². The molecule has 1 heterocycles. The van der Waals surface area contributed by atoms with E-state index in [-0.39, 0.29) is 5.69 Å². The van der Waals surface area contributed by atoms with E-state index in [4.69, 9.17) is 0 Å². The lowest BCUT2D eigenvalue weighted by molar-refractivity contribution is -0.143. The van der Waals surface area contributed by atoms with Gasteiger partial charge in [0.25, 0.3) is 5.91 Å². The Morgan fingerprint density at radius 3 is 2.41 bits per heavy atom. The van der Waals surface area contributed by atoms with Gasteiger partial charge in [-0.1, -0.05) is 43.3 Å². The van der Waals surface area contributed by atoms with Gasteiger partial charge in [0.15, 0.2) is 5.69 Å². The van der Waals surface area contributed by atoms with Gasteiger partial charge < -0.3 is 10.2 Å². The Bertz CT molecular complexity index is 1140. The van der Waals surface area contributed by atoms with Gasteiger partial charge in [0, 0.05) is 12.7 Å². The van der Waals surface area contributed by atoms with Crippen LogP contribution in [-0.4, -0.2) is 40.1 Å². The Balaban J connectivity index is 1.85. The molecule has 1 aromatic heterocycles. The number of hydrogen-bond acceptors (Lipinski definition) is 3. The second-order valence-corrected chi connectivity index (χ2v) is 7.32. The van der Waals surface area contributed by atoms with Crippen molar-refractivity contribution in [3.05, 3.63) is 77.1 Å². The van der Waals surface area contributed by atoms with Crippen molar-refractivity contribution in [2.45, 2.75) is 26.4 Å². The summed E-state index contributed by atoms with van der Waals surface area (Å²) >= 11 is 0. The zero-order valence-corrected chi connectivity index (χ0v) is 17.9. The number of aryl methyl sites for hydroxylation is 2. The molecule has 32 heavy (non-hydrogen) atoms. The number of nitrogens with zero attached hydrogens (tertiary/aromatic N) is 3. The van der Waals surface area contributed by atoms with E-state index in [0.29, 0.717) is 22.4 Å². The minimum atomic E-state index is -4.83. The van der Waals surface area contributed by atoms with Crippen LogP contribution >= 0.6 is 0 Å². The number of carbonyl (C=O) groups excluding carboxylic acids is 2. The molecule has 0 unspecified atom stereocenters. The van der Waals surface area contributed by atoms with Crippen LogP contribution in [0, 0.1) is 6.92 Å². The molecule has 3 rings (SSSR count). The predicted molar refractivity (Wildman–Crippen MR) is 115 cm³/mol. The molecule has 0 atom stereocenters. The van der Waals surface area contributed by atoms with Crippen molar-refractivity contribution in [1.29, 1.82) is 0 Å². The average molecular weight is 444 g/mol. The molecule has 0 aliphatic rings. The first-order valence-electron chi connectivity index (χ1n) is 9.98. The summed E-state index contributed by atoms with van der Waals surface area (Å²) in [5, 5.41) is 6.54. The molecule has 0 spiro atoms. The highest BCUT2D eigenvalue weighted by atomic mass is 19.4. The van der Waals surface area contributed by atoms with E-state index in [9.17, 15) is 22.8 Å². The topological polar surface area (TPSA) is 67.2 Å². The minimum Gasteiger partial charge on any atom is -0.332 e. The van der Waals surface area contributed by atoms with Crippen LogP contribution in [-0.2, 0) is 17.4 Å². The Labute approximate surface area is 183 Å². The number of amides is 2. The average Bonchev–Trinajstić information content (AvgIpc) is 3.19. The van der Waals surface area contributed by atoms with Gasteiger partial charge in [-0.2, -0.15) is 18.3 Å². The molecule has 9 heteroatoms. The largest absolute Gasteiger partial charge is 0.434 e. The molecule has 0 saturated carbocycles. The lowest BCUT2D eigenvalue weighted by atomic mass is 10.1. The van der Waals surface area contributed by atoms with Gasteiger partial charge in [0.2, 0.25) is 5.91 Å². The maximum Gasteiger partial charge on any atom is 0.434 e. The lowest BCUT2D eigenvalue weighted by Crippen LogP contribution is -2.36. The van der Waals surface area contributed by atoms with Crippen LogP contribution in [0.5, 0.6) is 0 Å². The Hall–Kier alpha value is -3.62. The van der Waals surface area contributed by atoms with E-state index in [2.05, 4.69) is 10.4 Å². The first-order valence-corrected chi connectivity index (χ1v) is 9.98. The number of nitrogens with one attached hydrogen (secondary N) is 1. The van der Waals surface area contributed by atoms with E-state index in [1.807, 2.05) is 19.1 Å². The van der Waals surface area contributed by atoms with E-state index < -0.39 is 35.8 Å². The number of anilines is 1. The monoisotopic (exact) mass is 444 g/mol. The van der Waals surface area contributed by atoms with Crippen molar-refractivity contribution in [2.24, 2.45) is 0 Å². The molecular formula is C23H23F3N4O2. The fraction of sp³-hybridized carbons (Fsp3) is 0.261. The second kappa shape index (κ2) is 9.25. The summed E-state index contributed by atoms with van der Waals surface area (Å²) in [6.45, 7) is 3.18. The Morgan fingerprint density at radius 2 is 1.75 bits per heavy atom. The highest BCUT2D eigenvalue weighted by Crippen LogP contribution is 2.34. The minimum absolute atomic E-state index is 0.218. The molecule has 1 N–H and O–H groups in total. The SMILES string of the molecule is CCc1ccccc1NC(=O)CN(C)C(=O)c1cnn(-c2ccccc2C)c1C(F)(F)F.